The Morgan fingerprint density at radius 2 is 1.89 bits per heavy atom. The largest absolute Gasteiger partial charge is 0.497 e. The summed E-state index contributed by atoms with van der Waals surface area (Å²) < 4.78 is 13.0. The lowest BCUT2D eigenvalue weighted by molar-refractivity contribution is -0.520. The molecule has 0 aromatic heterocycles. The van der Waals surface area contributed by atoms with Crippen molar-refractivity contribution in [3.8, 4) is 11.5 Å². The summed E-state index contributed by atoms with van der Waals surface area (Å²) in [5, 5.41) is 0. The molecule has 0 spiro atoms. The highest BCUT2D eigenvalue weighted by molar-refractivity contribution is 5.83. The molecule has 3 nitrogen and oxygen atoms in total. The lowest BCUT2D eigenvalue weighted by Crippen LogP contribution is -2.22. The van der Waals surface area contributed by atoms with Crippen LogP contribution < -0.4 is 9.47 Å². The molecule has 1 heterocycles. The molecule has 0 saturated heterocycles. The number of hydrogen-bond acceptors (Lipinski definition) is 2. The van der Waals surface area contributed by atoms with Crippen molar-refractivity contribution in [1.82, 2.24) is 0 Å². The summed E-state index contributed by atoms with van der Waals surface area (Å²) in [6.45, 7) is 8.27. The maximum absolute atomic E-state index is 5.41. The van der Waals surface area contributed by atoms with Gasteiger partial charge in [0, 0.05) is 12.5 Å². The Bertz CT molecular complexity index is 425. The molecule has 3 heteroatoms. The molecule has 0 radical (unpaired) electrons. The second kappa shape index (κ2) is 7.04. The lowest BCUT2D eigenvalue weighted by Gasteiger charge is -2.15. The third-order valence-corrected chi connectivity index (χ3v) is 3.04. The number of methoxy groups -OCH3 is 2. The first-order valence-corrected chi connectivity index (χ1v) is 6.62. The van der Waals surface area contributed by atoms with Crippen molar-refractivity contribution in [3.63, 3.8) is 0 Å². The van der Waals surface area contributed by atoms with Gasteiger partial charge in [0.25, 0.3) is 0 Å². The monoisotopic (exact) mass is 250 g/mol. The maximum Gasteiger partial charge on any atom is 0.174 e. The van der Waals surface area contributed by atoms with Crippen LogP contribution in [0.2, 0.25) is 0 Å². The van der Waals surface area contributed by atoms with Crippen molar-refractivity contribution in [2.45, 2.75) is 27.2 Å². The van der Waals surface area contributed by atoms with E-state index in [9.17, 15) is 0 Å². The van der Waals surface area contributed by atoms with Crippen molar-refractivity contribution >= 4 is 6.21 Å². The van der Waals surface area contributed by atoms with Crippen molar-refractivity contribution in [3.05, 3.63) is 23.3 Å². The highest BCUT2D eigenvalue weighted by atomic mass is 16.5. The van der Waals surface area contributed by atoms with Gasteiger partial charge in [0.05, 0.1) is 19.8 Å². The summed E-state index contributed by atoms with van der Waals surface area (Å²) >= 11 is 0. The third kappa shape index (κ3) is 3.03. The van der Waals surface area contributed by atoms with Crippen molar-refractivity contribution < 1.29 is 14.0 Å². The molecule has 100 valence electrons. The lowest BCUT2D eigenvalue weighted by atomic mass is 10.0. The van der Waals surface area contributed by atoms with Crippen LogP contribution in [0.3, 0.4) is 0 Å². The van der Waals surface area contributed by atoms with Crippen LogP contribution in [0.1, 0.15) is 31.9 Å². The SMILES string of the molecule is CC.CC[N+]1=Cc2c(cc(OC)cc2OC)CC1. The number of benzene rings is 1. The van der Waals surface area contributed by atoms with Gasteiger partial charge in [-0.25, -0.2) is 4.58 Å². The summed E-state index contributed by atoms with van der Waals surface area (Å²) in [5.74, 6) is 1.77. The van der Waals surface area contributed by atoms with Gasteiger partial charge in [-0.2, -0.15) is 0 Å². The second-order valence-corrected chi connectivity index (χ2v) is 3.91. The Kier molecular flexibility index (Phi) is 5.69. The van der Waals surface area contributed by atoms with E-state index in [0.29, 0.717) is 0 Å². The summed E-state index contributed by atoms with van der Waals surface area (Å²) in [5.41, 5.74) is 2.50. The average molecular weight is 250 g/mol. The summed E-state index contributed by atoms with van der Waals surface area (Å²) in [6.07, 6.45) is 3.23. The van der Waals surface area contributed by atoms with Gasteiger partial charge in [-0.15, -0.1) is 0 Å². The molecular weight excluding hydrogens is 226 g/mol. The minimum absolute atomic E-state index is 0.869. The molecular formula is C15H24NO2+. The first-order valence-electron chi connectivity index (χ1n) is 6.62. The van der Waals surface area contributed by atoms with E-state index in [1.165, 1.54) is 11.1 Å². The van der Waals surface area contributed by atoms with Gasteiger partial charge >= 0.3 is 0 Å². The van der Waals surface area contributed by atoms with Crippen LogP contribution in [0, 0.1) is 0 Å². The summed E-state index contributed by atoms with van der Waals surface area (Å²) in [7, 11) is 3.39. The zero-order valence-electron chi connectivity index (χ0n) is 12.1. The molecule has 0 aliphatic carbocycles. The number of rotatable bonds is 3. The number of ether oxygens (including phenoxy) is 2. The minimum atomic E-state index is 0.869. The molecule has 1 aliphatic heterocycles. The van der Waals surface area contributed by atoms with Crippen molar-refractivity contribution in [2.75, 3.05) is 27.3 Å². The number of fused-ring (bicyclic) bond motifs is 1. The Morgan fingerprint density at radius 1 is 1.17 bits per heavy atom. The first-order chi connectivity index (χ1) is 8.78. The van der Waals surface area contributed by atoms with Crippen LogP contribution in [0.4, 0.5) is 0 Å². The second-order valence-electron chi connectivity index (χ2n) is 3.91. The predicted octanol–water partition coefficient (Wildman–Crippen LogP) is 2.74. The fourth-order valence-electron chi connectivity index (χ4n) is 2.06. The molecule has 0 fully saturated rings. The van der Waals surface area contributed by atoms with E-state index in [-0.39, 0.29) is 0 Å². The predicted molar refractivity (Wildman–Crippen MR) is 75.4 cm³/mol. The van der Waals surface area contributed by atoms with Crippen LogP contribution in [0.25, 0.3) is 0 Å². The minimum Gasteiger partial charge on any atom is -0.497 e. The van der Waals surface area contributed by atoms with E-state index in [2.05, 4.69) is 23.8 Å². The van der Waals surface area contributed by atoms with Crippen LogP contribution in [0.15, 0.2) is 12.1 Å². The molecule has 18 heavy (non-hydrogen) atoms. The standard InChI is InChI=1S/C13H18NO2.C2H6/c1-4-14-6-5-10-7-11(15-2)8-13(16-3)12(10)9-14;1-2/h7-9H,4-6H2,1-3H3;1-2H3/q+1;. The van der Waals surface area contributed by atoms with Crippen molar-refractivity contribution in [2.24, 2.45) is 0 Å². The first kappa shape index (κ1) is 14.6. The van der Waals surface area contributed by atoms with Gasteiger partial charge in [-0.05, 0) is 18.6 Å². The molecule has 0 bridgehead atoms. The van der Waals surface area contributed by atoms with Crippen LogP contribution in [-0.2, 0) is 6.42 Å². The molecule has 1 aromatic carbocycles. The zero-order chi connectivity index (χ0) is 13.5. The molecule has 2 rings (SSSR count). The van der Waals surface area contributed by atoms with Gasteiger partial charge in [0.15, 0.2) is 6.21 Å². The van der Waals surface area contributed by atoms with Crippen LogP contribution >= 0.6 is 0 Å². The molecule has 1 aromatic rings. The van der Waals surface area contributed by atoms with Crippen molar-refractivity contribution in [1.29, 1.82) is 0 Å². The Balaban J connectivity index is 0.000000771. The van der Waals surface area contributed by atoms with Crippen LogP contribution in [-0.4, -0.2) is 38.1 Å². The van der Waals surface area contributed by atoms with Gasteiger partial charge < -0.3 is 9.47 Å². The molecule has 0 unspecified atom stereocenters. The molecule has 0 N–H and O–H groups in total. The number of likely N-dealkylation sites (N-methyl/N-ethyl adjacent to an activating group) is 1. The summed E-state index contributed by atoms with van der Waals surface area (Å²) in [4.78, 5) is 0. The Labute approximate surface area is 110 Å². The molecule has 0 atom stereocenters. The topological polar surface area (TPSA) is 21.5 Å². The van der Waals surface area contributed by atoms with Gasteiger partial charge in [0.1, 0.15) is 24.6 Å². The number of nitrogens with zero attached hydrogens (tertiary/aromatic N) is 1. The smallest absolute Gasteiger partial charge is 0.174 e. The van der Waals surface area contributed by atoms with E-state index in [1.54, 1.807) is 14.2 Å². The van der Waals surface area contributed by atoms with Gasteiger partial charge in [-0.1, -0.05) is 13.8 Å². The highest BCUT2D eigenvalue weighted by Crippen LogP contribution is 2.29. The van der Waals surface area contributed by atoms with Crippen LogP contribution in [0.5, 0.6) is 11.5 Å². The third-order valence-electron chi connectivity index (χ3n) is 3.04. The molecule has 1 aliphatic rings. The molecule has 0 saturated carbocycles. The molecule has 0 amide bonds. The van der Waals surface area contributed by atoms with E-state index in [0.717, 1.165) is 31.0 Å². The van der Waals surface area contributed by atoms with Gasteiger partial charge in [0.2, 0.25) is 0 Å². The maximum atomic E-state index is 5.41. The van der Waals surface area contributed by atoms with Gasteiger partial charge in [-0.3, -0.25) is 0 Å². The normalized spacial score (nSPS) is 12.8. The summed E-state index contributed by atoms with van der Waals surface area (Å²) in [6, 6.07) is 4.04. The average Bonchev–Trinajstić information content (AvgIpc) is 2.47. The Morgan fingerprint density at radius 3 is 2.44 bits per heavy atom. The Hall–Kier alpha value is -1.51. The van der Waals surface area contributed by atoms with E-state index < -0.39 is 0 Å². The fraction of sp³-hybridized carbons (Fsp3) is 0.533. The number of hydrogen-bond donors (Lipinski definition) is 0. The quantitative estimate of drug-likeness (QED) is 0.769. The highest BCUT2D eigenvalue weighted by Gasteiger charge is 2.19. The van der Waals surface area contributed by atoms with E-state index in [4.69, 9.17) is 9.47 Å². The fourth-order valence-corrected chi connectivity index (χ4v) is 2.06. The van der Waals surface area contributed by atoms with E-state index in [1.807, 2.05) is 19.9 Å². The van der Waals surface area contributed by atoms with E-state index >= 15 is 0 Å². The zero-order valence-corrected chi connectivity index (χ0v) is 12.1.